The van der Waals surface area contributed by atoms with Crippen LogP contribution in [0.1, 0.15) is 53.9 Å². The summed E-state index contributed by atoms with van der Waals surface area (Å²) in [5.74, 6) is -1.10. The second kappa shape index (κ2) is 7.35. The van der Waals surface area contributed by atoms with Crippen molar-refractivity contribution in [2.24, 2.45) is 10.8 Å². The lowest BCUT2D eigenvalue weighted by molar-refractivity contribution is -0.191. The molecule has 0 fully saturated rings. The monoisotopic (exact) mass is 362 g/mol. The fourth-order valence-electron chi connectivity index (χ4n) is 2.73. The van der Waals surface area contributed by atoms with E-state index < -0.39 is 47.6 Å². The zero-order valence-electron chi connectivity index (χ0n) is 14.7. The molecule has 0 unspecified atom stereocenters. The maximum Gasteiger partial charge on any atom is 0.390 e. The van der Waals surface area contributed by atoms with E-state index >= 15 is 0 Å². The van der Waals surface area contributed by atoms with Gasteiger partial charge in [-0.25, -0.2) is 0 Å². The minimum absolute atomic E-state index is 0.208. The first-order valence-electron chi connectivity index (χ1n) is 7.43. The molecule has 2 nitrogen and oxygen atoms in total. The van der Waals surface area contributed by atoms with Crippen LogP contribution >= 0.6 is 0 Å². The molecule has 0 amide bonds. The molecule has 0 aromatic heterocycles. The lowest BCUT2D eigenvalue weighted by Crippen LogP contribution is -2.35. The maximum absolute atomic E-state index is 12.9. The van der Waals surface area contributed by atoms with Gasteiger partial charge in [-0.15, -0.1) is 0 Å². The summed E-state index contributed by atoms with van der Waals surface area (Å²) in [7, 11) is 0.982. The van der Waals surface area contributed by atoms with E-state index in [4.69, 9.17) is 4.74 Å². The quantitative estimate of drug-likeness (QED) is 0.324. The van der Waals surface area contributed by atoms with E-state index in [0.717, 1.165) is 14.0 Å². The van der Waals surface area contributed by atoms with Crippen LogP contribution in [0.15, 0.2) is 11.3 Å². The van der Waals surface area contributed by atoms with E-state index in [1.54, 1.807) is 20.8 Å². The lowest BCUT2D eigenvalue weighted by Gasteiger charge is -2.35. The summed E-state index contributed by atoms with van der Waals surface area (Å²) in [6, 6.07) is 0. The van der Waals surface area contributed by atoms with E-state index in [2.05, 4.69) is 0 Å². The summed E-state index contributed by atoms with van der Waals surface area (Å²) >= 11 is 0. The number of carbonyl (C=O) groups excluding carboxylic acids is 1. The summed E-state index contributed by atoms with van der Waals surface area (Å²) in [4.78, 5) is 12.5. The number of ketones is 1. The lowest BCUT2D eigenvalue weighted by atomic mass is 9.75. The molecule has 0 radical (unpaired) electrons. The number of alkyl halides is 6. The van der Waals surface area contributed by atoms with E-state index in [-0.39, 0.29) is 5.57 Å². The minimum atomic E-state index is -4.84. The Balaban J connectivity index is 6.21. The Kier molecular flexibility index (Phi) is 6.98. The predicted octanol–water partition coefficient (Wildman–Crippen LogP) is 5.82. The number of methoxy groups -OCH3 is 1. The van der Waals surface area contributed by atoms with Crippen LogP contribution in [0.25, 0.3) is 0 Å². The van der Waals surface area contributed by atoms with Gasteiger partial charge in [-0.1, -0.05) is 27.7 Å². The van der Waals surface area contributed by atoms with Crippen LogP contribution < -0.4 is 0 Å². The molecule has 0 N–H and O–H groups in total. The van der Waals surface area contributed by atoms with Crippen LogP contribution in [0.5, 0.6) is 0 Å². The van der Waals surface area contributed by atoms with Gasteiger partial charge in [-0.2, -0.15) is 26.3 Å². The summed E-state index contributed by atoms with van der Waals surface area (Å²) < 4.78 is 82.0. The number of rotatable bonds is 7. The number of hydrogen-bond donors (Lipinski definition) is 0. The minimum Gasteiger partial charge on any atom is -0.500 e. The topological polar surface area (TPSA) is 26.3 Å². The molecule has 0 aliphatic heterocycles. The Morgan fingerprint density at radius 3 is 1.54 bits per heavy atom. The summed E-state index contributed by atoms with van der Waals surface area (Å²) in [6.07, 6.45) is -12.8. The van der Waals surface area contributed by atoms with Crippen molar-refractivity contribution < 1.29 is 35.9 Å². The molecule has 0 bridgehead atoms. The third kappa shape index (κ3) is 6.36. The van der Waals surface area contributed by atoms with Gasteiger partial charge in [0.25, 0.3) is 0 Å². The second-order valence-corrected chi connectivity index (χ2v) is 6.87. The van der Waals surface area contributed by atoms with Crippen LogP contribution in [0.4, 0.5) is 26.3 Å². The summed E-state index contributed by atoms with van der Waals surface area (Å²) in [6.45, 7) is 6.91. The molecule has 8 heteroatoms. The third-order valence-corrected chi connectivity index (χ3v) is 4.11. The Labute approximate surface area is 138 Å². The molecule has 24 heavy (non-hydrogen) atoms. The van der Waals surface area contributed by atoms with Gasteiger partial charge >= 0.3 is 12.4 Å². The smallest absolute Gasteiger partial charge is 0.390 e. The van der Waals surface area contributed by atoms with Gasteiger partial charge in [0.1, 0.15) is 5.76 Å². The van der Waals surface area contributed by atoms with Gasteiger partial charge in [0.15, 0.2) is 5.78 Å². The van der Waals surface area contributed by atoms with Crippen molar-refractivity contribution in [3.8, 4) is 0 Å². The largest absolute Gasteiger partial charge is 0.500 e. The van der Waals surface area contributed by atoms with Crippen molar-refractivity contribution >= 4 is 5.78 Å². The molecule has 0 spiro atoms. The fourth-order valence-corrected chi connectivity index (χ4v) is 2.73. The molecule has 0 saturated heterocycles. The van der Waals surface area contributed by atoms with Gasteiger partial charge in [0.05, 0.1) is 20.0 Å². The van der Waals surface area contributed by atoms with Crippen LogP contribution in [-0.2, 0) is 9.53 Å². The van der Waals surface area contributed by atoms with Gasteiger partial charge in [-0.05, 0) is 13.3 Å². The van der Waals surface area contributed by atoms with Gasteiger partial charge in [0, 0.05) is 16.4 Å². The molecular formula is C16H24F6O2. The van der Waals surface area contributed by atoms with E-state index in [0.29, 0.717) is 6.42 Å². The number of halogens is 6. The summed E-state index contributed by atoms with van der Waals surface area (Å²) in [5, 5.41) is 0. The standard InChI is InChI=1S/C16H24F6O2/c1-7-13(3,4)11(23)10(2)12(24-6)14(5,8-15(17,18)19)9-16(20,21)22/h7-9H2,1-6H3/b12-10-. The summed E-state index contributed by atoms with van der Waals surface area (Å²) in [5.41, 5.74) is -3.53. The molecule has 0 aliphatic rings. The molecule has 0 atom stereocenters. The molecule has 142 valence electrons. The van der Waals surface area contributed by atoms with Crippen molar-refractivity contribution in [1.82, 2.24) is 0 Å². The van der Waals surface area contributed by atoms with Crippen molar-refractivity contribution in [3.63, 3.8) is 0 Å². The first-order valence-corrected chi connectivity index (χ1v) is 7.43. The van der Waals surface area contributed by atoms with Crippen LogP contribution in [0.3, 0.4) is 0 Å². The highest BCUT2D eigenvalue weighted by Gasteiger charge is 2.50. The molecule has 0 rings (SSSR count). The third-order valence-electron chi connectivity index (χ3n) is 4.11. The highest BCUT2D eigenvalue weighted by Crippen LogP contribution is 2.48. The fraction of sp³-hybridized carbons (Fsp3) is 0.812. The average molecular weight is 362 g/mol. The van der Waals surface area contributed by atoms with E-state index in [1.807, 2.05) is 0 Å². The molecule has 0 aromatic rings. The van der Waals surface area contributed by atoms with E-state index in [9.17, 15) is 31.1 Å². The van der Waals surface area contributed by atoms with Gasteiger partial charge in [-0.3, -0.25) is 4.79 Å². The number of ether oxygens (including phenoxy) is 1. The van der Waals surface area contributed by atoms with Crippen LogP contribution in [-0.4, -0.2) is 25.2 Å². The number of allylic oxidation sites excluding steroid dienone is 2. The van der Waals surface area contributed by atoms with Crippen molar-refractivity contribution in [1.29, 1.82) is 0 Å². The molecule has 0 saturated carbocycles. The zero-order chi connectivity index (χ0) is 19.6. The SMILES string of the molecule is CCC(C)(C)C(=O)/C(C)=C(\OC)C(C)(CC(F)(F)F)CC(F)(F)F. The molecule has 0 aliphatic carbocycles. The Morgan fingerprint density at radius 2 is 1.29 bits per heavy atom. The molecular weight excluding hydrogens is 338 g/mol. The van der Waals surface area contributed by atoms with Gasteiger partial charge in [0.2, 0.25) is 0 Å². The number of hydrogen-bond acceptors (Lipinski definition) is 2. The molecule has 0 aromatic carbocycles. The average Bonchev–Trinajstić information content (AvgIpc) is 2.33. The van der Waals surface area contributed by atoms with E-state index in [1.165, 1.54) is 6.92 Å². The predicted molar refractivity (Wildman–Crippen MR) is 78.2 cm³/mol. The number of Topliss-reactive ketones (excluding diaryl/α,β-unsaturated/α-hetero) is 1. The van der Waals surface area contributed by atoms with Crippen molar-refractivity contribution in [2.75, 3.05) is 7.11 Å². The van der Waals surface area contributed by atoms with Crippen LogP contribution in [0.2, 0.25) is 0 Å². The Bertz CT molecular complexity index is 470. The van der Waals surface area contributed by atoms with Crippen molar-refractivity contribution in [2.45, 2.75) is 66.2 Å². The van der Waals surface area contributed by atoms with Crippen molar-refractivity contribution in [3.05, 3.63) is 11.3 Å². The van der Waals surface area contributed by atoms with Crippen LogP contribution in [0, 0.1) is 10.8 Å². The Hall–Kier alpha value is -1.21. The molecule has 0 heterocycles. The highest BCUT2D eigenvalue weighted by molar-refractivity contribution is 5.99. The zero-order valence-corrected chi connectivity index (χ0v) is 14.7. The number of carbonyl (C=O) groups is 1. The Morgan fingerprint density at radius 1 is 0.917 bits per heavy atom. The van der Waals surface area contributed by atoms with Gasteiger partial charge < -0.3 is 4.74 Å². The maximum atomic E-state index is 12.9. The normalized spacial score (nSPS) is 15.2. The highest BCUT2D eigenvalue weighted by atomic mass is 19.4. The second-order valence-electron chi connectivity index (χ2n) is 6.87. The first-order chi connectivity index (χ1) is 10.5. The first kappa shape index (κ1) is 22.8.